The van der Waals surface area contributed by atoms with E-state index in [1.54, 1.807) is 68.4 Å². The molecule has 0 saturated carbocycles. The first kappa shape index (κ1) is 23.1. The Morgan fingerprint density at radius 1 is 0.971 bits per heavy atom. The number of hydrogen-bond donors (Lipinski definition) is 3. The molecule has 0 saturated heterocycles. The van der Waals surface area contributed by atoms with Gasteiger partial charge in [0, 0.05) is 22.5 Å². The van der Waals surface area contributed by atoms with Crippen molar-refractivity contribution in [2.45, 2.75) is 26.3 Å². The number of aliphatic hydroxyl groups is 1. The predicted molar refractivity (Wildman–Crippen MR) is 129 cm³/mol. The number of benzene rings is 3. The van der Waals surface area contributed by atoms with E-state index in [9.17, 15) is 19.1 Å². The smallest absolute Gasteiger partial charge is 0.255 e. The number of nitrogens with zero attached hydrogens (tertiary/aromatic N) is 2. The van der Waals surface area contributed by atoms with Crippen LogP contribution in [0.4, 0.5) is 10.1 Å². The van der Waals surface area contributed by atoms with Gasteiger partial charge < -0.3 is 15.7 Å². The van der Waals surface area contributed by atoms with Crippen molar-refractivity contribution in [1.82, 2.24) is 14.9 Å². The van der Waals surface area contributed by atoms with Crippen molar-refractivity contribution in [1.29, 1.82) is 0 Å². The van der Waals surface area contributed by atoms with Crippen LogP contribution in [0.25, 0.3) is 16.7 Å². The number of carbonyl (C=O) groups is 2. The molecule has 0 aliphatic heterocycles. The second kappa shape index (κ2) is 9.07. The molecule has 174 valence electrons. The highest BCUT2D eigenvalue weighted by Gasteiger charge is 2.20. The Morgan fingerprint density at radius 3 is 2.26 bits per heavy atom. The summed E-state index contributed by atoms with van der Waals surface area (Å²) >= 11 is 0. The highest BCUT2D eigenvalue weighted by molar-refractivity contribution is 6.06. The van der Waals surface area contributed by atoms with Gasteiger partial charge in [-0.25, -0.2) is 9.37 Å². The number of amides is 2. The summed E-state index contributed by atoms with van der Waals surface area (Å²) < 4.78 is 15.2. The fourth-order valence-electron chi connectivity index (χ4n) is 3.58. The first-order valence-electron chi connectivity index (χ1n) is 10.8. The van der Waals surface area contributed by atoms with Crippen molar-refractivity contribution in [2.24, 2.45) is 0 Å². The average Bonchev–Trinajstić information content (AvgIpc) is 3.14. The van der Waals surface area contributed by atoms with E-state index >= 15 is 0 Å². The fourth-order valence-corrected chi connectivity index (χ4v) is 3.58. The highest BCUT2D eigenvalue weighted by Crippen LogP contribution is 2.23. The molecule has 3 N–H and O–H groups in total. The maximum atomic E-state index is 13.4. The molecule has 2 amide bonds. The SMILES string of the molecule is Cc1nc2ccc(C(=O)Nc3ccc(C(=O)NC(C)(C)CO)cc3)cc2n1-c1ccc(F)cc1. The molecule has 0 aliphatic rings. The Balaban J connectivity index is 1.55. The minimum atomic E-state index is -0.735. The first-order chi connectivity index (χ1) is 16.2. The van der Waals surface area contributed by atoms with E-state index in [0.29, 0.717) is 16.8 Å². The van der Waals surface area contributed by atoms with Crippen LogP contribution < -0.4 is 10.6 Å². The third-order valence-electron chi connectivity index (χ3n) is 5.42. The zero-order valence-electron chi connectivity index (χ0n) is 19.1. The number of anilines is 1. The van der Waals surface area contributed by atoms with Gasteiger partial charge in [0.1, 0.15) is 11.6 Å². The average molecular weight is 461 g/mol. The summed E-state index contributed by atoms with van der Waals surface area (Å²) in [7, 11) is 0. The van der Waals surface area contributed by atoms with Crippen LogP contribution in [0, 0.1) is 12.7 Å². The van der Waals surface area contributed by atoms with Gasteiger partial charge in [-0.2, -0.15) is 0 Å². The molecule has 0 spiro atoms. The molecule has 0 bridgehead atoms. The summed E-state index contributed by atoms with van der Waals surface area (Å²) in [6.45, 7) is 5.11. The molecule has 0 radical (unpaired) electrons. The molecule has 0 aliphatic carbocycles. The van der Waals surface area contributed by atoms with Crippen LogP contribution >= 0.6 is 0 Å². The van der Waals surface area contributed by atoms with Gasteiger partial charge in [0.2, 0.25) is 0 Å². The number of nitrogens with one attached hydrogen (secondary N) is 2. The molecule has 0 fully saturated rings. The molecule has 3 aromatic carbocycles. The van der Waals surface area contributed by atoms with E-state index in [4.69, 9.17) is 0 Å². The zero-order valence-corrected chi connectivity index (χ0v) is 19.1. The second-order valence-corrected chi connectivity index (χ2v) is 8.70. The molecule has 8 heteroatoms. The molecule has 0 atom stereocenters. The largest absolute Gasteiger partial charge is 0.394 e. The Morgan fingerprint density at radius 2 is 1.62 bits per heavy atom. The topological polar surface area (TPSA) is 96.2 Å². The Bertz CT molecular complexity index is 1360. The van der Waals surface area contributed by atoms with E-state index in [2.05, 4.69) is 15.6 Å². The van der Waals surface area contributed by atoms with Crippen molar-refractivity contribution >= 4 is 28.5 Å². The summed E-state index contributed by atoms with van der Waals surface area (Å²) in [5.74, 6) is -0.235. The molecule has 0 unspecified atom stereocenters. The summed E-state index contributed by atoms with van der Waals surface area (Å²) in [5, 5.41) is 14.9. The van der Waals surface area contributed by atoms with E-state index in [-0.39, 0.29) is 24.2 Å². The lowest BCUT2D eigenvalue weighted by molar-refractivity contribution is 0.0869. The monoisotopic (exact) mass is 460 g/mol. The Kier molecular flexibility index (Phi) is 6.17. The molecule has 34 heavy (non-hydrogen) atoms. The number of imidazole rings is 1. The number of aryl methyl sites for hydroxylation is 1. The van der Waals surface area contributed by atoms with Gasteiger partial charge in [0.05, 0.1) is 23.2 Å². The summed E-state index contributed by atoms with van der Waals surface area (Å²) in [6, 6.07) is 17.8. The van der Waals surface area contributed by atoms with E-state index in [1.165, 1.54) is 12.1 Å². The fraction of sp³-hybridized carbons (Fsp3) is 0.192. The number of rotatable bonds is 6. The standard InChI is InChI=1S/C26H25FN4O3/c1-16-28-22-13-6-18(14-23(22)31(16)21-11-7-19(27)8-12-21)24(33)29-20-9-4-17(5-10-20)25(34)30-26(2,3)15-32/h4-14,32H,15H2,1-3H3,(H,29,33)(H,30,34). The van der Waals surface area contributed by atoms with Crippen LogP contribution in [0.1, 0.15) is 40.4 Å². The van der Waals surface area contributed by atoms with Crippen molar-refractivity contribution in [3.8, 4) is 5.69 Å². The molecule has 7 nitrogen and oxygen atoms in total. The summed E-state index contributed by atoms with van der Waals surface area (Å²) in [5.41, 5.74) is 2.85. The molecular formula is C26H25FN4O3. The van der Waals surface area contributed by atoms with E-state index in [0.717, 1.165) is 22.5 Å². The zero-order chi connectivity index (χ0) is 24.5. The third kappa shape index (κ3) is 4.82. The second-order valence-electron chi connectivity index (χ2n) is 8.70. The van der Waals surface area contributed by atoms with Gasteiger partial charge in [0.15, 0.2) is 0 Å². The van der Waals surface area contributed by atoms with E-state index < -0.39 is 5.54 Å². The summed E-state index contributed by atoms with van der Waals surface area (Å²) in [6.07, 6.45) is 0. The number of fused-ring (bicyclic) bond motifs is 1. The van der Waals surface area contributed by atoms with Crippen molar-refractivity contribution in [3.05, 3.63) is 89.5 Å². The highest BCUT2D eigenvalue weighted by atomic mass is 19.1. The molecule has 1 aromatic heterocycles. The first-order valence-corrected chi connectivity index (χ1v) is 10.8. The van der Waals surface area contributed by atoms with Gasteiger partial charge >= 0.3 is 0 Å². The lowest BCUT2D eigenvalue weighted by Crippen LogP contribution is -2.46. The maximum absolute atomic E-state index is 13.4. The minimum Gasteiger partial charge on any atom is -0.394 e. The predicted octanol–water partition coefficient (Wildman–Crippen LogP) is 4.23. The normalized spacial score (nSPS) is 11.4. The van der Waals surface area contributed by atoms with Crippen molar-refractivity contribution in [3.63, 3.8) is 0 Å². The van der Waals surface area contributed by atoms with Crippen LogP contribution in [0.3, 0.4) is 0 Å². The number of aromatic nitrogens is 2. The quantitative estimate of drug-likeness (QED) is 0.401. The Hall–Kier alpha value is -4.04. The molecular weight excluding hydrogens is 435 g/mol. The molecule has 1 heterocycles. The van der Waals surface area contributed by atoms with Gasteiger partial charge in [-0.05, 0) is 87.5 Å². The van der Waals surface area contributed by atoms with Crippen LogP contribution in [0.5, 0.6) is 0 Å². The van der Waals surface area contributed by atoms with Crippen LogP contribution in [0.15, 0.2) is 66.7 Å². The molecule has 4 aromatic rings. The summed E-state index contributed by atoms with van der Waals surface area (Å²) in [4.78, 5) is 29.8. The van der Waals surface area contributed by atoms with Gasteiger partial charge in [-0.15, -0.1) is 0 Å². The molecule has 4 rings (SSSR count). The van der Waals surface area contributed by atoms with E-state index in [1.807, 2.05) is 11.5 Å². The van der Waals surface area contributed by atoms with Crippen LogP contribution in [0.2, 0.25) is 0 Å². The third-order valence-corrected chi connectivity index (χ3v) is 5.42. The van der Waals surface area contributed by atoms with Crippen molar-refractivity contribution < 1.29 is 19.1 Å². The van der Waals surface area contributed by atoms with Gasteiger partial charge in [-0.1, -0.05) is 0 Å². The van der Waals surface area contributed by atoms with Gasteiger partial charge in [0.25, 0.3) is 11.8 Å². The minimum absolute atomic E-state index is 0.184. The number of carbonyl (C=O) groups excluding carboxylic acids is 2. The lowest BCUT2D eigenvalue weighted by atomic mass is 10.1. The Labute approximate surface area is 196 Å². The number of aliphatic hydroxyl groups excluding tert-OH is 1. The van der Waals surface area contributed by atoms with Gasteiger partial charge in [-0.3, -0.25) is 14.2 Å². The number of halogens is 1. The lowest BCUT2D eigenvalue weighted by Gasteiger charge is -2.23. The maximum Gasteiger partial charge on any atom is 0.255 e. The number of hydrogen-bond acceptors (Lipinski definition) is 4. The van der Waals surface area contributed by atoms with Crippen LogP contribution in [-0.4, -0.2) is 38.6 Å². The van der Waals surface area contributed by atoms with Crippen molar-refractivity contribution in [2.75, 3.05) is 11.9 Å². The van der Waals surface area contributed by atoms with Crippen LogP contribution in [-0.2, 0) is 0 Å².